The van der Waals surface area contributed by atoms with E-state index in [0.717, 1.165) is 19.1 Å². The predicted octanol–water partition coefficient (Wildman–Crippen LogP) is 2.86. The molecule has 1 saturated heterocycles. The first-order chi connectivity index (χ1) is 16.7. The maximum absolute atomic E-state index is 15.0. The number of aliphatic imine (C=N–C) groups is 1. The number of nitrogens with zero attached hydrogens (tertiary/aromatic N) is 3. The number of nitrogens with one attached hydrogen (secondary N) is 1. The second-order valence-electron chi connectivity index (χ2n) is 9.06. The molecule has 4 atom stereocenters. The van der Waals surface area contributed by atoms with Crippen molar-refractivity contribution < 1.29 is 27.8 Å². The molecule has 0 radical (unpaired) electrons. The summed E-state index contributed by atoms with van der Waals surface area (Å²) in [4.78, 5) is 25.3. The number of hydrogen-bond donors (Lipinski definition) is 2. The van der Waals surface area contributed by atoms with Crippen LogP contribution in [-0.4, -0.2) is 58.8 Å². The molecule has 5 rings (SSSR count). The second kappa shape index (κ2) is 8.99. The Kier molecular flexibility index (Phi) is 6.14. The smallest absolute Gasteiger partial charge is 0.275 e. The number of rotatable bonds is 8. The Balaban J connectivity index is 1.35. The summed E-state index contributed by atoms with van der Waals surface area (Å²) in [6.07, 6.45) is 4.24. The van der Waals surface area contributed by atoms with Crippen LogP contribution in [-0.2, 0) is 15.0 Å². The zero-order valence-corrected chi connectivity index (χ0v) is 20.0. The van der Waals surface area contributed by atoms with Crippen molar-refractivity contribution in [1.29, 1.82) is 0 Å². The van der Waals surface area contributed by atoms with Gasteiger partial charge in [0.2, 0.25) is 5.88 Å². The van der Waals surface area contributed by atoms with Crippen molar-refractivity contribution in [2.75, 3.05) is 32.2 Å². The number of methoxy groups -OCH3 is 1. The molecule has 1 aromatic heterocycles. The molecule has 3 aliphatic rings. The zero-order chi connectivity index (χ0) is 24.8. The van der Waals surface area contributed by atoms with Crippen molar-refractivity contribution in [3.8, 4) is 5.88 Å². The number of benzene rings is 1. The minimum absolute atomic E-state index is 0.00706. The Labute approximate surface area is 204 Å². The average molecular weight is 506 g/mol. The van der Waals surface area contributed by atoms with Crippen molar-refractivity contribution >= 4 is 28.5 Å². The lowest BCUT2D eigenvalue weighted by Gasteiger charge is -2.34. The Morgan fingerprint density at radius 1 is 1.34 bits per heavy atom. The SMILES string of the molecule is COC[C@]12C[C@H]1[C@@](C)(c1cc(NC(=O)c3cnc(OC[C@@H]4CCO4)cn3)cc(F)c1F)N=C(N)S2. The molecule has 0 bridgehead atoms. The standard InChI is InChI=1S/C23H25F2N5O4S/c1-22(17-7-23(17,11-32-2)35-21(26)30-22)14-5-12(6-15(24)19(14)25)29-20(31)16-8-28-18(9-27-16)34-10-13-3-4-33-13/h5-6,8-9,13,17H,3-4,7,10-11H2,1-2H3,(H2,26,30)(H,29,31)/t13-,17-,22+,23+/m0/s1. The molecule has 3 N–H and O–H groups in total. The van der Waals surface area contributed by atoms with Crippen molar-refractivity contribution in [2.24, 2.45) is 16.6 Å². The van der Waals surface area contributed by atoms with E-state index in [0.29, 0.717) is 19.6 Å². The number of carbonyl (C=O) groups is 1. The molecule has 0 unspecified atom stereocenters. The van der Waals surface area contributed by atoms with Gasteiger partial charge in [-0.2, -0.15) is 0 Å². The lowest BCUT2D eigenvalue weighted by molar-refractivity contribution is -0.0727. The van der Waals surface area contributed by atoms with Crippen LogP contribution in [0.15, 0.2) is 29.5 Å². The number of fused-ring (bicyclic) bond motifs is 1. The first-order valence-corrected chi connectivity index (χ1v) is 12.0. The summed E-state index contributed by atoms with van der Waals surface area (Å²) in [5, 5.41) is 2.85. The summed E-state index contributed by atoms with van der Waals surface area (Å²) < 4.78 is 45.4. The quantitative estimate of drug-likeness (QED) is 0.562. The van der Waals surface area contributed by atoms with Gasteiger partial charge in [-0.25, -0.2) is 18.7 Å². The summed E-state index contributed by atoms with van der Waals surface area (Å²) >= 11 is 1.40. The first kappa shape index (κ1) is 23.9. The van der Waals surface area contributed by atoms with E-state index in [1.807, 2.05) is 0 Å². The van der Waals surface area contributed by atoms with Crippen LogP contribution in [0.4, 0.5) is 14.5 Å². The van der Waals surface area contributed by atoms with E-state index in [-0.39, 0.29) is 44.8 Å². The van der Waals surface area contributed by atoms with Crippen molar-refractivity contribution in [2.45, 2.75) is 36.2 Å². The highest BCUT2D eigenvalue weighted by molar-refractivity contribution is 8.15. The predicted molar refractivity (Wildman–Crippen MR) is 125 cm³/mol. The van der Waals surface area contributed by atoms with Gasteiger partial charge in [0, 0.05) is 43.4 Å². The zero-order valence-electron chi connectivity index (χ0n) is 19.2. The van der Waals surface area contributed by atoms with E-state index in [9.17, 15) is 9.18 Å². The molecule has 1 aliphatic carbocycles. The molecule has 1 saturated carbocycles. The summed E-state index contributed by atoms with van der Waals surface area (Å²) in [6.45, 7) is 3.22. The van der Waals surface area contributed by atoms with Gasteiger partial charge in [0.05, 0.1) is 35.4 Å². The Morgan fingerprint density at radius 3 is 2.80 bits per heavy atom. The van der Waals surface area contributed by atoms with Gasteiger partial charge in [0.1, 0.15) is 12.3 Å². The fourth-order valence-corrected chi connectivity index (χ4v) is 6.11. The van der Waals surface area contributed by atoms with E-state index >= 15 is 4.39 Å². The van der Waals surface area contributed by atoms with Crippen LogP contribution < -0.4 is 15.8 Å². The van der Waals surface area contributed by atoms with Gasteiger partial charge in [-0.05, 0) is 19.4 Å². The van der Waals surface area contributed by atoms with Crippen molar-refractivity contribution in [1.82, 2.24) is 9.97 Å². The molecule has 2 fully saturated rings. The monoisotopic (exact) mass is 505 g/mol. The number of amides is 1. The Hall–Kier alpha value is -2.83. The number of carbonyl (C=O) groups excluding carboxylic acids is 1. The van der Waals surface area contributed by atoms with Gasteiger partial charge < -0.3 is 25.3 Å². The molecule has 12 heteroatoms. The molecule has 1 aromatic carbocycles. The Bertz CT molecular complexity index is 1180. The van der Waals surface area contributed by atoms with E-state index in [4.69, 9.17) is 19.9 Å². The van der Waals surface area contributed by atoms with Crippen molar-refractivity contribution in [3.63, 3.8) is 0 Å². The molecule has 0 spiro atoms. The number of amidine groups is 1. The van der Waals surface area contributed by atoms with Crippen molar-refractivity contribution in [3.05, 3.63) is 47.4 Å². The van der Waals surface area contributed by atoms with Crippen LogP contribution in [0.2, 0.25) is 0 Å². The lowest BCUT2D eigenvalue weighted by Crippen LogP contribution is -2.38. The lowest BCUT2D eigenvalue weighted by atomic mass is 9.85. The van der Waals surface area contributed by atoms with Gasteiger partial charge in [-0.15, -0.1) is 0 Å². The minimum Gasteiger partial charge on any atom is -0.474 e. The maximum atomic E-state index is 15.0. The number of nitrogens with two attached hydrogens (primary N) is 1. The van der Waals surface area contributed by atoms with Crippen LogP contribution in [0, 0.1) is 17.6 Å². The molecule has 35 heavy (non-hydrogen) atoms. The van der Waals surface area contributed by atoms with E-state index in [2.05, 4.69) is 20.3 Å². The fraction of sp³-hybridized carbons (Fsp3) is 0.478. The van der Waals surface area contributed by atoms with E-state index in [1.165, 1.54) is 30.2 Å². The molecule has 2 aromatic rings. The van der Waals surface area contributed by atoms with Crippen LogP contribution in [0.5, 0.6) is 5.88 Å². The number of aromatic nitrogens is 2. The number of halogens is 2. The van der Waals surface area contributed by atoms with Crippen LogP contribution in [0.3, 0.4) is 0 Å². The minimum atomic E-state index is -1.11. The molecule has 2 aliphatic heterocycles. The van der Waals surface area contributed by atoms with Gasteiger partial charge in [-0.1, -0.05) is 11.8 Å². The van der Waals surface area contributed by atoms with Gasteiger partial charge >= 0.3 is 0 Å². The van der Waals surface area contributed by atoms with Gasteiger partial charge in [0.15, 0.2) is 16.8 Å². The summed E-state index contributed by atoms with van der Waals surface area (Å²) in [7, 11) is 1.59. The number of ether oxygens (including phenoxy) is 3. The highest BCUT2D eigenvalue weighted by Crippen LogP contribution is 2.66. The number of anilines is 1. The molecular formula is C23H25F2N5O4S. The summed E-state index contributed by atoms with van der Waals surface area (Å²) in [5.41, 5.74) is 5.04. The molecular weight excluding hydrogens is 480 g/mol. The normalized spacial score (nSPS) is 29.0. The van der Waals surface area contributed by atoms with Gasteiger partial charge in [0.25, 0.3) is 5.91 Å². The number of hydrogen-bond acceptors (Lipinski definition) is 9. The summed E-state index contributed by atoms with van der Waals surface area (Å²) in [5.74, 6) is -2.60. The van der Waals surface area contributed by atoms with Crippen LogP contribution in [0.25, 0.3) is 0 Å². The highest BCUT2D eigenvalue weighted by atomic mass is 32.2. The fourth-order valence-electron chi connectivity index (χ4n) is 4.66. The third-order valence-electron chi connectivity index (χ3n) is 6.64. The maximum Gasteiger partial charge on any atom is 0.275 e. The van der Waals surface area contributed by atoms with Gasteiger partial charge in [-0.3, -0.25) is 9.79 Å². The largest absolute Gasteiger partial charge is 0.474 e. The molecule has 1 amide bonds. The third-order valence-corrected chi connectivity index (χ3v) is 7.92. The first-order valence-electron chi connectivity index (χ1n) is 11.1. The molecule has 9 nitrogen and oxygen atoms in total. The molecule has 186 valence electrons. The Morgan fingerprint density at radius 2 is 2.14 bits per heavy atom. The van der Waals surface area contributed by atoms with Crippen LogP contribution >= 0.6 is 11.8 Å². The van der Waals surface area contributed by atoms with E-state index in [1.54, 1.807) is 14.0 Å². The topological polar surface area (TPSA) is 121 Å². The number of thioether (sulfide) groups is 1. The van der Waals surface area contributed by atoms with E-state index < -0.39 is 23.1 Å². The highest BCUT2D eigenvalue weighted by Gasteiger charge is 2.66. The second-order valence-corrected chi connectivity index (χ2v) is 10.5. The third kappa shape index (κ3) is 4.45. The molecule has 3 heterocycles. The average Bonchev–Trinajstić information content (AvgIpc) is 3.50. The van der Waals surface area contributed by atoms with Crippen LogP contribution in [0.1, 0.15) is 35.8 Å². The summed E-state index contributed by atoms with van der Waals surface area (Å²) in [6, 6.07) is 2.31.